The molecule has 4 heteroatoms. The molecular weight excluding hydrogens is 140 g/mol. The van der Waals surface area contributed by atoms with Crippen LogP contribution in [0.2, 0.25) is 0 Å². The summed E-state index contributed by atoms with van der Waals surface area (Å²) in [7, 11) is 0. The predicted octanol–water partition coefficient (Wildman–Crippen LogP) is 0.325. The molecule has 62 valence electrons. The van der Waals surface area contributed by atoms with Gasteiger partial charge in [-0.1, -0.05) is 0 Å². The molecule has 4 nitrogen and oxygen atoms in total. The lowest BCUT2D eigenvalue weighted by atomic mass is 10.3. The summed E-state index contributed by atoms with van der Waals surface area (Å²) in [6.45, 7) is 3.65. The zero-order valence-electron chi connectivity index (χ0n) is 6.82. The Morgan fingerprint density at radius 1 is 1.55 bits per heavy atom. The zero-order valence-corrected chi connectivity index (χ0v) is 6.82. The molecule has 0 aliphatic carbocycles. The van der Waals surface area contributed by atoms with Crippen molar-refractivity contribution in [3.8, 4) is 0 Å². The van der Waals surface area contributed by atoms with E-state index in [1.807, 2.05) is 11.6 Å². The monoisotopic (exact) mass is 154 g/mol. The van der Waals surface area contributed by atoms with Crippen molar-refractivity contribution in [2.45, 2.75) is 26.3 Å². The number of hydrogen-bond acceptors (Lipinski definition) is 3. The van der Waals surface area contributed by atoms with Gasteiger partial charge in [-0.05, 0) is 26.3 Å². The molecule has 0 aliphatic heterocycles. The first-order valence-electron chi connectivity index (χ1n) is 3.89. The van der Waals surface area contributed by atoms with Gasteiger partial charge in [-0.25, -0.2) is 4.98 Å². The molecule has 1 heterocycles. The molecule has 0 amide bonds. The second-order valence-electron chi connectivity index (χ2n) is 2.53. The molecule has 0 saturated heterocycles. The molecule has 0 spiro atoms. The Labute approximate surface area is 66.4 Å². The van der Waals surface area contributed by atoms with Crippen molar-refractivity contribution in [2.24, 2.45) is 5.73 Å². The van der Waals surface area contributed by atoms with Crippen LogP contribution in [-0.2, 0) is 6.54 Å². The van der Waals surface area contributed by atoms with Crippen LogP contribution in [0.3, 0.4) is 0 Å². The third kappa shape index (κ3) is 2.31. The van der Waals surface area contributed by atoms with Crippen LogP contribution in [0, 0.1) is 6.92 Å². The van der Waals surface area contributed by atoms with Crippen LogP contribution in [-0.4, -0.2) is 21.3 Å². The van der Waals surface area contributed by atoms with Crippen LogP contribution in [0.5, 0.6) is 0 Å². The summed E-state index contributed by atoms with van der Waals surface area (Å²) < 4.78 is 1.90. The fourth-order valence-corrected chi connectivity index (χ4v) is 0.947. The normalized spacial score (nSPS) is 10.4. The summed E-state index contributed by atoms with van der Waals surface area (Å²) in [6.07, 6.45) is 3.72. The van der Waals surface area contributed by atoms with E-state index in [0.717, 1.165) is 31.8 Å². The summed E-state index contributed by atoms with van der Waals surface area (Å²) in [5.74, 6) is 0.974. The summed E-state index contributed by atoms with van der Waals surface area (Å²) in [5, 5.41) is 4.05. The molecule has 0 saturated carbocycles. The van der Waals surface area contributed by atoms with E-state index in [2.05, 4.69) is 10.1 Å². The molecule has 1 aromatic heterocycles. The molecule has 11 heavy (non-hydrogen) atoms. The van der Waals surface area contributed by atoms with E-state index in [1.165, 1.54) is 0 Å². The Morgan fingerprint density at radius 3 is 2.91 bits per heavy atom. The van der Waals surface area contributed by atoms with Gasteiger partial charge in [0.15, 0.2) is 0 Å². The van der Waals surface area contributed by atoms with E-state index < -0.39 is 0 Å². The number of aromatic nitrogens is 3. The fourth-order valence-electron chi connectivity index (χ4n) is 0.947. The summed E-state index contributed by atoms with van der Waals surface area (Å²) in [6, 6.07) is 0. The maximum absolute atomic E-state index is 5.36. The molecule has 2 N–H and O–H groups in total. The van der Waals surface area contributed by atoms with Crippen LogP contribution >= 0.6 is 0 Å². The van der Waals surface area contributed by atoms with Crippen molar-refractivity contribution in [2.75, 3.05) is 6.54 Å². The highest BCUT2D eigenvalue weighted by atomic mass is 15.3. The second kappa shape index (κ2) is 4.08. The Bertz CT molecular complexity index is 206. The van der Waals surface area contributed by atoms with E-state index in [1.54, 1.807) is 6.33 Å². The van der Waals surface area contributed by atoms with Crippen LogP contribution in [0.25, 0.3) is 0 Å². The first kappa shape index (κ1) is 8.20. The van der Waals surface area contributed by atoms with Crippen LogP contribution in [0.4, 0.5) is 0 Å². The van der Waals surface area contributed by atoms with Gasteiger partial charge in [-0.2, -0.15) is 5.10 Å². The van der Waals surface area contributed by atoms with E-state index >= 15 is 0 Å². The number of aryl methyl sites for hydroxylation is 2. The number of rotatable bonds is 4. The van der Waals surface area contributed by atoms with Gasteiger partial charge in [0.05, 0.1) is 0 Å². The minimum atomic E-state index is 0.758. The third-order valence-corrected chi connectivity index (χ3v) is 1.63. The highest BCUT2D eigenvalue weighted by Crippen LogP contribution is 1.95. The Hall–Kier alpha value is -0.900. The molecule has 1 rings (SSSR count). The largest absolute Gasteiger partial charge is 0.330 e. The molecule has 0 aliphatic rings. The van der Waals surface area contributed by atoms with Gasteiger partial charge in [0.25, 0.3) is 0 Å². The van der Waals surface area contributed by atoms with E-state index in [0.29, 0.717) is 0 Å². The first-order valence-corrected chi connectivity index (χ1v) is 3.89. The highest BCUT2D eigenvalue weighted by Gasteiger charge is 1.95. The number of hydrogen-bond donors (Lipinski definition) is 1. The predicted molar refractivity (Wildman–Crippen MR) is 43.0 cm³/mol. The van der Waals surface area contributed by atoms with Crippen molar-refractivity contribution in [1.29, 1.82) is 0 Å². The first-order chi connectivity index (χ1) is 5.34. The van der Waals surface area contributed by atoms with Gasteiger partial charge in [-0.3, -0.25) is 4.68 Å². The second-order valence-corrected chi connectivity index (χ2v) is 2.53. The summed E-state index contributed by atoms with van der Waals surface area (Å²) >= 11 is 0. The number of unbranched alkanes of at least 4 members (excludes halogenated alkanes) is 1. The minimum absolute atomic E-state index is 0.758. The van der Waals surface area contributed by atoms with Crippen LogP contribution < -0.4 is 5.73 Å². The van der Waals surface area contributed by atoms with Gasteiger partial charge in [-0.15, -0.1) is 0 Å². The summed E-state index contributed by atoms with van der Waals surface area (Å²) in [4.78, 5) is 4.02. The molecular formula is C7H14N4. The lowest BCUT2D eigenvalue weighted by molar-refractivity contribution is 0.547. The smallest absolute Gasteiger partial charge is 0.138 e. The Kier molecular flexibility index (Phi) is 3.04. The van der Waals surface area contributed by atoms with Crippen LogP contribution in [0.1, 0.15) is 18.7 Å². The zero-order chi connectivity index (χ0) is 8.10. The molecule has 0 aromatic carbocycles. The number of nitrogens with zero attached hydrogens (tertiary/aromatic N) is 3. The molecule has 0 radical (unpaired) electrons. The van der Waals surface area contributed by atoms with Gasteiger partial charge in [0.2, 0.25) is 0 Å². The van der Waals surface area contributed by atoms with E-state index in [9.17, 15) is 0 Å². The van der Waals surface area contributed by atoms with Gasteiger partial charge in [0, 0.05) is 6.54 Å². The quantitative estimate of drug-likeness (QED) is 0.636. The van der Waals surface area contributed by atoms with Gasteiger partial charge >= 0.3 is 0 Å². The van der Waals surface area contributed by atoms with Gasteiger partial charge < -0.3 is 5.73 Å². The molecule has 0 bridgehead atoms. The summed E-state index contributed by atoms with van der Waals surface area (Å²) in [5.41, 5.74) is 5.36. The average Bonchev–Trinajstić information content (AvgIpc) is 2.37. The van der Waals surface area contributed by atoms with Crippen molar-refractivity contribution < 1.29 is 0 Å². The molecule has 0 fully saturated rings. The standard InChI is InChI=1S/C7H14N4/c1-7-9-6-10-11(7)5-3-2-4-8/h6H,2-5,8H2,1H3. The van der Waals surface area contributed by atoms with Crippen molar-refractivity contribution in [3.05, 3.63) is 12.2 Å². The maximum Gasteiger partial charge on any atom is 0.138 e. The molecule has 0 unspecified atom stereocenters. The maximum atomic E-state index is 5.36. The lowest BCUT2D eigenvalue weighted by Gasteiger charge is -2.00. The van der Waals surface area contributed by atoms with Crippen molar-refractivity contribution in [3.63, 3.8) is 0 Å². The average molecular weight is 154 g/mol. The van der Waals surface area contributed by atoms with E-state index in [4.69, 9.17) is 5.73 Å². The SMILES string of the molecule is Cc1ncnn1CCCCN. The lowest BCUT2D eigenvalue weighted by Crippen LogP contribution is -2.05. The Morgan fingerprint density at radius 2 is 2.36 bits per heavy atom. The number of nitrogens with two attached hydrogens (primary N) is 1. The van der Waals surface area contributed by atoms with Crippen molar-refractivity contribution >= 4 is 0 Å². The topological polar surface area (TPSA) is 56.7 Å². The Balaban J connectivity index is 2.32. The van der Waals surface area contributed by atoms with E-state index in [-0.39, 0.29) is 0 Å². The van der Waals surface area contributed by atoms with Gasteiger partial charge in [0.1, 0.15) is 12.2 Å². The fraction of sp³-hybridized carbons (Fsp3) is 0.714. The third-order valence-electron chi connectivity index (χ3n) is 1.63. The minimum Gasteiger partial charge on any atom is -0.330 e. The van der Waals surface area contributed by atoms with Crippen LogP contribution in [0.15, 0.2) is 6.33 Å². The molecule has 0 atom stereocenters. The van der Waals surface area contributed by atoms with Crippen molar-refractivity contribution in [1.82, 2.24) is 14.8 Å². The molecule has 1 aromatic rings. The highest BCUT2D eigenvalue weighted by molar-refractivity contribution is 4.77.